The van der Waals surface area contributed by atoms with E-state index in [1.54, 1.807) is 0 Å². The zero-order chi connectivity index (χ0) is 9.30. The summed E-state index contributed by atoms with van der Waals surface area (Å²) in [6.07, 6.45) is -6.48. The maximum absolute atomic E-state index is 9.20. The van der Waals surface area contributed by atoms with Crippen LogP contribution in [-0.4, -0.2) is 57.7 Å². The summed E-state index contributed by atoms with van der Waals surface area (Å²) in [7, 11) is 0. The third-order valence-electron chi connectivity index (χ3n) is 1.92. The summed E-state index contributed by atoms with van der Waals surface area (Å²) in [6.45, 7) is -0.0258. The van der Waals surface area contributed by atoms with Gasteiger partial charge in [0.25, 0.3) is 0 Å². The Labute approximate surface area is 69.2 Å². The van der Waals surface area contributed by atoms with E-state index in [4.69, 9.17) is 25.8 Å². The monoisotopic (exact) mass is 179 g/mol. The van der Waals surface area contributed by atoms with Gasteiger partial charge in [-0.15, -0.1) is 0 Å². The van der Waals surface area contributed by atoms with Crippen LogP contribution in [0.4, 0.5) is 0 Å². The molecule has 0 amide bonds. The molecule has 1 aliphatic rings. The van der Waals surface area contributed by atoms with E-state index in [1.807, 2.05) is 0 Å². The molecule has 0 aromatic rings. The smallest absolute Gasteiger partial charge is 0.184 e. The van der Waals surface area contributed by atoms with E-state index in [0.29, 0.717) is 0 Å². The summed E-state index contributed by atoms with van der Waals surface area (Å²) in [5.41, 5.74) is 5.17. The first-order chi connectivity index (χ1) is 5.57. The second-order valence-corrected chi connectivity index (χ2v) is 2.77. The summed E-state index contributed by atoms with van der Waals surface area (Å²) >= 11 is 0. The fourth-order valence-electron chi connectivity index (χ4n) is 1.13. The molecular weight excluding hydrogens is 166 g/mol. The average Bonchev–Trinajstić information content (AvgIpc) is 2.08. The zero-order valence-corrected chi connectivity index (χ0v) is 6.37. The van der Waals surface area contributed by atoms with Gasteiger partial charge >= 0.3 is 0 Å². The highest BCUT2D eigenvalue weighted by Gasteiger charge is 2.42. The van der Waals surface area contributed by atoms with Gasteiger partial charge < -0.3 is 30.9 Å². The molecule has 6 nitrogen and oxygen atoms in total. The van der Waals surface area contributed by atoms with Gasteiger partial charge in [-0.05, 0) is 0 Å². The lowest BCUT2D eigenvalue weighted by Gasteiger charge is -2.37. The third-order valence-corrected chi connectivity index (χ3v) is 1.92. The molecule has 1 aliphatic heterocycles. The van der Waals surface area contributed by atoms with Crippen molar-refractivity contribution in [2.24, 2.45) is 5.73 Å². The molecule has 0 aromatic carbocycles. The van der Waals surface area contributed by atoms with Crippen LogP contribution in [0.5, 0.6) is 0 Å². The summed E-state index contributed by atoms with van der Waals surface area (Å²) in [5.74, 6) is 0. The van der Waals surface area contributed by atoms with Gasteiger partial charge in [0.05, 0.1) is 0 Å². The van der Waals surface area contributed by atoms with E-state index in [-0.39, 0.29) is 6.54 Å². The summed E-state index contributed by atoms with van der Waals surface area (Å²) < 4.78 is 4.70. The van der Waals surface area contributed by atoms with E-state index < -0.39 is 30.7 Å². The quantitative estimate of drug-likeness (QED) is 0.288. The molecule has 1 heterocycles. The van der Waals surface area contributed by atoms with Crippen LogP contribution in [0.2, 0.25) is 0 Å². The number of hydrogen-bond donors (Lipinski definition) is 5. The van der Waals surface area contributed by atoms with Crippen molar-refractivity contribution in [2.75, 3.05) is 6.54 Å². The molecular formula is C6H13NO5. The van der Waals surface area contributed by atoms with Gasteiger partial charge in [0.1, 0.15) is 24.4 Å². The van der Waals surface area contributed by atoms with E-state index in [9.17, 15) is 5.11 Å². The highest BCUT2D eigenvalue weighted by Crippen LogP contribution is 2.18. The second kappa shape index (κ2) is 3.65. The highest BCUT2D eigenvalue weighted by atomic mass is 16.6. The van der Waals surface area contributed by atoms with Gasteiger partial charge in [0, 0.05) is 6.54 Å². The van der Waals surface area contributed by atoms with Gasteiger partial charge in [0.2, 0.25) is 0 Å². The van der Waals surface area contributed by atoms with E-state index >= 15 is 0 Å². The lowest BCUT2D eigenvalue weighted by Crippen LogP contribution is -2.59. The molecule has 0 spiro atoms. The Morgan fingerprint density at radius 1 is 1.00 bits per heavy atom. The zero-order valence-electron chi connectivity index (χ0n) is 6.37. The number of nitrogens with two attached hydrogens (primary N) is 1. The SMILES string of the molecule is NC[C@@H]1OC(O)C(O)[C@H](O)C1O. The second-order valence-electron chi connectivity index (χ2n) is 2.77. The molecule has 6 heteroatoms. The van der Waals surface area contributed by atoms with Crippen LogP contribution in [0.3, 0.4) is 0 Å². The van der Waals surface area contributed by atoms with Gasteiger partial charge in [-0.25, -0.2) is 0 Å². The Hall–Kier alpha value is -0.240. The highest BCUT2D eigenvalue weighted by molar-refractivity contribution is 4.88. The van der Waals surface area contributed by atoms with Gasteiger partial charge in [-0.3, -0.25) is 0 Å². The summed E-state index contributed by atoms with van der Waals surface area (Å²) in [6, 6.07) is 0. The lowest BCUT2D eigenvalue weighted by molar-refractivity contribution is -0.279. The van der Waals surface area contributed by atoms with Gasteiger partial charge in [0.15, 0.2) is 6.29 Å². The molecule has 0 bridgehead atoms. The fourth-order valence-corrected chi connectivity index (χ4v) is 1.13. The molecule has 72 valence electrons. The minimum absolute atomic E-state index is 0.0258. The summed E-state index contributed by atoms with van der Waals surface area (Å²) in [5, 5.41) is 36.3. The molecule has 0 saturated carbocycles. The molecule has 1 rings (SSSR count). The maximum Gasteiger partial charge on any atom is 0.184 e. The Balaban J connectivity index is 2.63. The Morgan fingerprint density at radius 3 is 2.08 bits per heavy atom. The number of rotatable bonds is 1. The topological polar surface area (TPSA) is 116 Å². The Kier molecular flexibility index (Phi) is 2.99. The first-order valence-corrected chi connectivity index (χ1v) is 3.65. The van der Waals surface area contributed by atoms with Gasteiger partial charge in [-0.1, -0.05) is 0 Å². The van der Waals surface area contributed by atoms with Gasteiger partial charge in [-0.2, -0.15) is 0 Å². The van der Waals surface area contributed by atoms with Crippen molar-refractivity contribution in [3.63, 3.8) is 0 Å². The average molecular weight is 179 g/mol. The molecule has 0 aliphatic carbocycles. The minimum Gasteiger partial charge on any atom is -0.388 e. The Morgan fingerprint density at radius 2 is 1.58 bits per heavy atom. The molecule has 1 fully saturated rings. The minimum atomic E-state index is -1.49. The van der Waals surface area contributed by atoms with Crippen molar-refractivity contribution < 1.29 is 25.2 Å². The standard InChI is InChI=1S/C6H13NO5/c7-1-2-3(8)4(9)5(10)6(11)12-2/h2-6,8-11H,1,7H2/t2-,3?,4+,5?,6?/m0/s1. The van der Waals surface area contributed by atoms with Crippen molar-refractivity contribution >= 4 is 0 Å². The van der Waals surface area contributed by atoms with Crippen LogP contribution in [-0.2, 0) is 4.74 Å². The largest absolute Gasteiger partial charge is 0.388 e. The van der Waals surface area contributed by atoms with Crippen LogP contribution in [0.25, 0.3) is 0 Å². The fraction of sp³-hybridized carbons (Fsp3) is 1.00. The van der Waals surface area contributed by atoms with Crippen molar-refractivity contribution in [3.8, 4) is 0 Å². The lowest BCUT2D eigenvalue weighted by atomic mass is 9.99. The molecule has 0 aromatic heterocycles. The first-order valence-electron chi connectivity index (χ1n) is 3.65. The number of hydrogen-bond acceptors (Lipinski definition) is 6. The number of aliphatic hydroxyl groups excluding tert-OH is 4. The van der Waals surface area contributed by atoms with Crippen LogP contribution < -0.4 is 5.73 Å². The van der Waals surface area contributed by atoms with E-state index in [2.05, 4.69) is 0 Å². The molecule has 12 heavy (non-hydrogen) atoms. The van der Waals surface area contributed by atoms with Crippen LogP contribution >= 0.6 is 0 Å². The maximum atomic E-state index is 9.20. The third kappa shape index (κ3) is 1.58. The van der Waals surface area contributed by atoms with Crippen LogP contribution in [0.1, 0.15) is 0 Å². The summed E-state index contributed by atoms with van der Waals surface area (Å²) in [4.78, 5) is 0. The van der Waals surface area contributed by atoms with Crippen molar-refractivity contribution in [1.29, 1.82) is 0 Å². The van der Waals surface area contributed by atoms with Crippen molar-refractivity contribution in [2.45, 2.75) is 30.7 Å². The van der Waals surface area contributed by atoms with E-state index in [1.165, 1.54) is 0 Å². The van der Waals surface area contributed by atoms with E-state index in [0.717, 1.165) is 0 Å². The molecule has 5 atom stereocenters. The number of ether oxygens (including phenoxy) is 1. The van der Waals surface area contributed by atoms with Crippen LogP contribution in [0.15, 0.2) is 0 Å². The molecule has 1 saturated heterocycles. The molecule has 6 N–H and O–H groups in total. The van der Waals surface area contributed by atoms with Crippen molar-refractivity contribution in [1.82, 2.24) is 0 Å². The van der Waals surface area contributed by atoms with Crippen molar-refractivity contribution in [3.05, 3.63) is 0 Å². The predicted molar refractivity (Wildman–Crippen MR) is 38.0 cm³/mol. The van der Waals surface area contributed by atoms with Crippen LogP contribution in [0, 0.1) is 0 Å². The molecule has 3 unspecified atom stereocenters. The Bertz CT molecular complexity index is 150. The first kappa shape index (κ1) is 9.85. The normalized spacial score (nSPS) is 49.2. The molecule has 0 radical (unpaired) electrons. The number of aliphatic hydroxyl groups is 4. The predicted octanol–water partition coefficient (Wildman–Crippen LogP) is -3.25.